The van der Waals surface area contributed by atoms with Crippen molar-refractivity contribution >= 4 is 17.7 Å². The summed E-state index contributed by atoms with van der Waals surface area (Å²) >= 11 is 0. The van der Waals surface area contributed by atoms with E-state index < -0.39 is 30.0 Å². The average Bonchev–Trinajstić information content (AvgIpc) is 3.47. The van der Waals surface area contributed by atoms with Gasteiger partial charge in [0.25, 0.3) is 11.8 Å². The fourth-order valence-electron chi connectivity index (χ4n) is 5.33. The van der Waals surface area contributed by atoms with E-state index in [1.165, 1.54) is 11.0 Å². The summed E-state index contributed by atoms with van der Waals surface area (Å²) in [6, 6.07) is 12.3. The number of morpholine rings is 1. The number of carbonyl (C=O) groups is 3. The van der Waals surface area contributed by atoms with Crippen LogP contribution in [0.5, 0.6) is 5.75 Å². The predicted molar refractivity (Wildman–Crippen MR) is 150 cm³/mol. The number of hydrogen-bond donors (Lipinski definition) is 4. The van der Waals surface area contributed by atoms with E-state index in [0.29, 0.717) is 31.5 Å². The first-order valence-corrected chi connectivity index (χ1v) is 14.0. The maximum absolute atomic E-state index is 13.6. The Morgan fingerprint density at radius 1 is 1.05 bits per heavy atom. The van der Waals surface area contributed by atoms with Crippen LogP contribution in [-0.4, -0.2) is 102 Å². The molecule has 2 fully saturated rings. The van der Waals surface area contributed by atoms with E-state index in [-0.39, 0.29) is 23.6 Å². The first kappa shape index (κ1) is 29.5. The molecule has 2 saturated heterocycles. The van der Waals surface area contributed by atoms with E-state index in [1.807, 2.05) is 30.3 Å². The lowest BCUT2D eigenvalue weighted by atomic mass is 9.98. The van der Waals surface area contributed by atoms with E-state index in [2.05, 4.69) is 15.5 Å². The van der Waals surface area contributed by atoms with E-state index in [9.17, 15) is 24.6 Å². The first-order chi connectivity index (χ1) is 19.3. The number of nitrogens with zero attached hydrogens (tertiary/aromatic N) is 2. The van der Waals surface area contributed by atoms with E-state index in [1.54, 1.807) is 19.1 Å². The van der Waals surface area contributed by atoms with Gasteiger partial charge in [-0.05, 0) is 56.8 Å². The predicted octanol–water partition coefficient (Wildman–Crippen LogP) is 1.23. The monoisotopic (exact) mass is 552 g/mol. The fraction of sp³-hybridized carbons (Fsp3) is 0.500. The molecule has 4 rings (SSSR count). The van der Waals surface area contributed by atoms with Crippen LogP contribution in [0.3, 0.4) is 0 Å². The molecule has 2 aromatic carbocycles. The fourth-order valence-corrected chi connectivity index (χ4v) is 5.33. The van der Waals surface area contributed by atoms with Crippen molar-refractivity contribution in [1.29, 1.82) is 0 Å². The van der Waals surface area contributed by atoms with Crippen LogP contribution < -0.4 is 10.6 Å². The maximum atomic E-state index is 13.6. The topological polar surface area (TPSA) is 131 Å². The number of rotatable bonds is 11. The van der Waals surface area contributed by atoms with E-state index in [0.717, 1.165) is 44.8 Å². The Labute approximate surface area is 235 Å². The van der Waals surface area contributed by atoms with Gasteiger partial charge in [-0.15, -0.1) is 0 Å². The summed E-state index contributed by atoms with van der Waals surface area (Å²) in [4.78, 5) is 43.5. The number of nitrogens with one attached hydrogen (secondary N) is 2. The Hall–Kier alpha value is -3.47. The molecule has 2 aliphatic rings. The molecule has 0 spiro atoms. The molecule has 0 unspecified atom stereocenters. The van der Waals surface area contributed by atoms with E-state index in [4.69, 9.17) is 4.74 Å². The van der Waals surface area contributed by atoms with Gasteiger partial charge in [-0.2, -0.15) is 0 Å². The molecule has 0 radical (unpaired) electrons. The molecule has 2 heterocycles. The summed E-state index contributed by atoms with van der Waals surface area (Å²) in [5.41, 5.74) is 1.50. The third-order valence-electron chi connectivity index (χ3n) is 7.69. The second-order valence-corrected chi connectivity index (χ2v) is 10.5. The minimum atomic E-state index is -1.56. The lowest BCUT2D eigenvalue weighted by Gasteiger charge is -2.30. The van der Waals surface area contributed by atoms with Crippen LogP contribution in [0.2, 0.25) is 0 Å². The summed E-state index contributed by atoms with van der Waals surface area (Å²) in [6.07, 6.45) is 0.628. The Bertz CT molecular complexity index is 1150. The van der Waals surface area contributed by atoms with Gasteiger partial charge in [0, 0.05) is 37.3 Å². The molecule has 2 aromatic rings. The summed E-state index contributed by atoms with van der Waals surface area (Å²) in [5, 5.41) is 27.1. The number of aliphatic hydroxyl groups is 1. The number of ether oxygens (including phenoxy) is 1. The number of aromatic hydroxyl groups is 1. The number of hydrogen-bond acceptors (Lipinski definition) is 7. The largest absolute Gasteiger partial charge is 0.508 e. The molecule has 40 heavy (non-hydrogen) atoms. The van der Waals surface area contributed by atoms with Crippen LogP contribution in [0.1, 0.15) is 40.7 Å². The number of benzene rings is 2. The molecule has 0 aliphatic carbocycles. The smallest absolute Gasteiger partial charge is 0.254 e. The summed E-state index contributed by atoms with van der Waals surface area (Å²) in [6.45, 7) is 6.61. The normalized spacial score (nSPS) is 19.1. The van der Waals surface area contributed by atoms with Crippen LogP contribution >= 0.6 is 0 Å². The average molecular weight is 553 g/mol. The molecule has 0 bridgehead atoms. The zero-order valence-electron chi connectivity index (χ0n) is 23.1. The van der Waals surface area contributed by atoms with Crippen molar-refractivity contribution < 1.29 is 29.3 Å². The number of carbonyl (C=O) groups excluding carboxylic acids is 3. The zero-order chi connectivity index (χ0) is 28.5. The summed E-state index contributed by atoms with van der Waals surface area (Å²) in [5.74, 6) is -1.32. The number of likely N-dealkylation sites (tertiary alicyclic amines) is 1. The summed E-state index contributed by atoms with van der Waals surface area (Å²) < 4.78 is 5.37. The highest BCUT2D eigenvalue weighted by atomic mass is 16.5. The molecule has 3 atom stereocenters. The molecule has 0 aromatic heterocycles. The molecule has 3 amide bonds. The van der Waals surface area contributed by atoms with Crippen molar-refractivity contribution in [2.45, 2.75) is 50.8 Å². The SMILES string of the molecule is Cc1c(O)cccc1C(=O)N[C@@H](Cc1ccccc1)[C@H](O)C(=O)N1CCC[C@H]1C(=O)NCCCN1CCOCC1. The van der Waals surface area contributed by atoms with Crippen molar-refractivity contribution in [2.75, 3.05) is 45.9 Å². The zero-order valence-corrected chi connectivity index (χ0v) is 23.1. The molecule has 216 valence electrons. The molecular weight excluding hydrogens is 512 g/mol. The van der Waals surface area contributed by atoms with Crippen molar-refractivity contribution in [3.05, 3.63) is 65.2 Å². The van der Waals surface area contributed by atoms with Crippen molar-refractivity contribution in [2.24, 2.45) is 0 Å². The van der Waals surface area contributed by atoms with E-state index >= 15 is 0 Å². The van der Waals surface area contributed by atoms with Crippen LogP contribution in [0, 0.1) is 6.92 Å². The molecule has 0 saturated carbocycles. The number of phenols is 1. The van der Waals surface area contributed by atoms with Gasteiger partial charge >= 0.3 is 0 Å². The van der Waals surface area contributed by atoms with Crippen molar-refractivity contribution in [3.8, 4) is 5.75 Å². The van der Waals surface area contributed by atoms with Crippen LogP contribution in [-0.2, 0) is 20.7 Å². The quantitative estimate of drug-likeness (QED) is 0.309. The van der Waals surface area contributed by atoms with Gasteiger partial charge in [-0.25, -0.2) is 0 Å². The number of amides is 3. The Kier molecular flexibility index (Phi) is 10.5. The number of aliphatic hydroxyl groups excluding tert-OH is 1. The first-order valence-electron chi connectivity index (χ1n) is 14.0. The Morgan fingerprint density at radius 2 is 1.80 bits per heavy atom. The lowest BCUT2D eigenvalue weighted by Crippen LogP contribution is -2.55. The van der Waals surface area contributed by atoms with Crippen LogP contribution in [0.4, 0.5) is 0 Å². The van der Waals surface area contributed by atoms with Gasteiger partial charge < -0.3 is 30.5 Å². The Morgan fingerprint density at radius 3 is 2.55 bits per heavy atom. The maximum Gasteiger partial charge on any atom is 0.254 e. The van der Waals surface area contributed by atoms with Gasteiger partial charge in [-0.1, -0.05) is 36.4 Å². The minimum Gasteiger partial charge on any atom is -0.508 e. The van der Waals surface area contributed by atoms with Crippen LogP contribution in [0.15, 0.2) is 48.5 Å². The second-order valence-electron chi connectivity index (χ2n) is 10.5. The van der Waals surface area contributed by atoms with Crippen molar-refractivity contribution in [1.82, 2.24) is 20.4 Å². The third-order valence-corrected chi connectivity index (χ3v) is 7.69. The lowest BCUT2D eigenvalue weighted by molar-refractivity contribution is -0.146. The van der Waals surface area contributed by atoms with Gasteiger partial charge in [0.15, 0.2) is 6.10 Å². The van der Waals surface area contributed by atoms with Gasteiger partial charge in [0.05, 0.1) is 19.3 Å². The van der Waals surface area contributed by atoms with Gasteiger partial charge in [0.1, 0.15) is 11.8 Å². The molecular formula is C30H40N4O6. The van der Waals surface area contributed by atoms with Gasteiger partial charge in [-0.3, -0.25) is 19.3 Å². The third kappa shape index (κ3) is 7.59. The minimum absolute atomic E-state index is 0.0141. The highest BCUT2D eigenvalue weighted by Gasteiger charge is 2.39. The highest BCUT2D eigenvalue weighted by molar-refractivity contribution is 5.97. The number of phenolic OH excluding ortho intramolecular Hbond substituents is 1. The van der Waals surface area contributed by atoms with Crippen LogP contribution in [0.25, 0.3) is 0 Å². The highest BCUT2D eigenvalue weighted by Crippen LogP contribution is 2.22. The summed E-state index contributed by atoms with van der Waals surface area (Å²) in [7, 11) is 0. The molecule has 10 heteroatoms. The molecule has 2 aliphatic heterocycles. The molecule has 4 N–H and O–H groups in total. The molecule has 10 nitrogen and oxygen atoms in total. The van der Waals surface area contributed by atoms with Gasteiger partial charge in [0.2, 0.25) is 5.91 Å². The van der Waals surface area contributed by atoms with Crippen molar-refractivity contribution in [3.63, 3.8) is 0 Å². The standard InChI is InChI=1S/C30H40N4O6/c1-21-23(10-5-12-26(21)35)28(37)32-24(20-22-8-3-2-4-9-22)27(36)30(39)34-15-6-11-25(34)29(38)31-13-7-14-33-16-18-40-19-17-33/h2-5,8-10,12,24-25,27,35-36H,6-7,11,13-20H2,1H3,(H,31,38)(H,32,37)/t24-,25-,27-/m0/s1. The Balaban J connectivity index is 1.40. The second kappa shape index (κ2) is 14.2.